The smallest absolute Gasteiger partial charge is 0.242 e. The van der Waals surface area contributed by atoms with Gasteiger partial charge in [-0.2, -0.15) is 0 Å². The Hall–Kier alpha value is -2.61. The molecule has 2 aromatic carbocycles. The Bertz CT molecular complexity index is 950. The van der Waals surface area contributed by atoms with E-state index in [1.165, 1.54) is 11.8 Å². The number of thiophene rings is 1. The van der Waals surface area contributed by atoms with Crippen LogP contribution in [0.2, 0.25) is 0 Å². The van der Waals surface area contributed by atoms with Gasteiger partial charge in [-0.25, -0.2) is 0 Å². The van der Waals surface area contributed by atoms with E-state index < -0.39 is 0 Å². The van der Waals surface area contributed by atoms with Crippen molar-refractivity contribution in [3.8, 4) is 0 Å². The molecule has 1 aromatic heterocycles. The molecule has 3 aromatic rings. The first-order valence-electron chi connectivity index (χ1n) is 10.4. The molecule has 32 heavy (non-hydrogen) atoms. The molecule has 0 aliphatic heterocycles. The second-order valence-corrected chi connectivity index (χ2v) is 9.31. The molecule has 0 N–H and O–H groups in total. The van der Waals surface area contributed by atoms with Gasteiger partial charge in [-0.3, -0.25) is 9.59 Å². The Morgan fingerprint density at radius 1 is 0.875 bits per heavy atom. The summed E-state index contributed by atoms with van der Waals surface area (Å²) in [7, 11) is 1.60. The first-order chi connectivity index (χ1) is 15.7. The summed E-state index contributed by atoms with van der Waals surface area (Å²) in [6, 6.07) is 23.7. The van der Waals surface area contributed by atoms with Gasteiger partial charge in [0.2, 0.25) is 11.8 Å². The van der Waals surface area contributed by atoms with Crippen LogP contribution in [0, 0.1) is 0 Å². The summed E-state index contributed by atoms with van der Waals surface area (Å²) in [4.78, 5) is 31.8. The van der Waals surface area contributed by atoms with Crippen molar-refractivity contribution in [1.29, 1.82) is 0 Å². The summed E-state index contributed by atoms with van der Waals surface area (Å²) in [6.07, 6.45) is 0. The van der Waals surface area contributed by atoms with Gasteiger partial charge in [0.15, 0.2) is 0 Å². The van der Waals surface area contributed by atoms with E-state index in [4.69, 9.17) is 4.74 Å². The molecule has 0 fully saturated rings. The largest absolute Gasteiger partial charge is 0.383 e. The Labute approximate surface area is 198 Å². The van der Waals surface area contributed by atoms with Crippen molar-refractivity contribution in [3.05, 3.63) is 88.6 Å². The average Bonchev–Trinajstić information content (AvgIpc) is 3.34. The highest BCUT2D eigenvalue weighted by Crippen LogP contribution is 2.18. The van der Waals surface area contributed by atoms with Gasteiger partial charge in [0.05, 0.1) is 25.4 Å². The Morgan fingerprint density at radius 2 is 1.59 bits per heavy atom. The molecule has 0 unspecified atom stereocenters. The molecule has 5 nitrogen and oxygen atoms in total. The van der Waals surface area contributed by atoms with Gasteiger partial charge in [0.25, 0.3) is 0 Å². The number of rotatable bonds is 12. The van der Waals surface area contributed by atoms with Crippen molar-refractivity contribution in [2.24, 2.45) is 0 Å². The number of carbonyl (C=O) groups excluding carboxylic acids is 2. The number of methoxy groups -OCH3 is 1. The van der Waals surface area contributed by atoms with Gasteiger partial charge in [-0.15, -0.1) is 23.1 Å². The summed E-state index contributed by atoms with van der Waals surface area (Å²) < 4.78 is 5.18. The Kier molecular flexibility index (Phi) is 9.81. The van der Waals surface area contributed by atoms with E-state index in [-0.39, 0.29) is 24.1 Å². The first kappa shape index (κ1) is 24.0. The lowest BCUT2D eigenvalue weighted by molar-refractivity contribution is -0.140. The fourth-order valence-electron chi connectivity index (χ4n) is 3.14. The van der Waals surface area contributed by atoms with Crippen LogP contribution < -0.4 is 0 Å². The van der Waals surface area contributed by atoms with Crippen molar-refractivity contribution < 1.29 is 14.3 Å². The molecular formula is C25H28N2O3S2. The predicted molar refractivity (Wildman–Crippen MR) is 131 cm³/mol. The maximum Gasteiger partial charge on any atom is 0.242 e. The lowest BCUT2D eigenvalue weighted by Gasteiger charge is -2.27. The zero-order valence-electron chi connectivity index (χ0n) is 18.2. The first-order valence-corrected chi connectivity index (χ1v) is 12.3. The topological polar surface area (TPSA) is 49.9 Å². The molecule has 7 heteroatoms. The number of carbonyl (C=O) groups is 2. The molecule has 0 radical (unpaired) electrons. The van der Waals surface area contributed by atoms with Crippen molar-refractivity contribution >= 4 is 34.9 Å². The molecule has 2 amide bonds. The quantitative estimate of drug-likeness (QED) is 0.366. The van der Waals surface area contributed by atoms with E-state index in [0.29, 0.717) is 26.2 Å². The predicted octanol–water partition coefficient (Wildman–Crippen LogP) is 4.54. The molecule has 168 valence electrons. The van der Waals surface area contributed by atoms with Crippen LogP contribution in [0.5, 0.6) is 0 Å². The number of hydrogen-bond acceptors (Lipinski definition) is 5. The van der Waals surface area contributed by atoms with E-state index in [0.717, 1.165) is 15.3 Å². The van der Waals surface area contributed by atoms with Gasteiger partial charge in [0, 0.05) is 30.0 Å². The number of ether oxygens (including phenoxy) is 1. The van der Waals surface area contributed by atoms with Gasteiger partial charge in [0.1, 0.15) is 0 Å². The van der Waals surface area contributed by atoms with Gasteiger partial charge in [-0.1, -0.05) is 54.6 Å². The molecule has 1 heterocycles. The molecule has 0 bridgehead atoms. The van der Waals surface area contributed by atoms with Gasteiger partial charge in [-0.05, 0) is 29.1 Å². The fraction of sp³-hybridized carbons (Fsp3) is 0.280. The van der Waals surface area contributed by atoms with Crippen LogP contribution in [0.4, 0.5) is 0 Å². The van der Waals surface area contributed by atoms with Crippen LogP contribution in [0.1, 0.15) is 10.4 Å². The summed E-state index contributed by atoms with van der Waals surface area (Å²) in [5.41, 5.74) is 1.06. The van der Waals surface area contributed by atoms with E-state index in [2.05, 4.69) is 0 Å². The molecule has 0 spiro atoms. The van der Waals surface area contributed by atoms with Crippen molar-refractivity contribution in [1.82, 2.24) is 9.80 Å². The van der Waals surface area contributed by atoms with Crippen LogP contribution in [-0.4, -0.2) is 54.2 Å². The Morgan fingerprint density at radius 3 is 2.25 bits per heavy atom. The fourth-order valence-corrected chi connectivity index (χ4v) is 4.68. The Balaban J connectivity index is 1.67. The van der Waals surface area contributed by atoms with Crippen molar-refractivity contribution in [2.75, 3.05) is 32.6 Å². The van der Waals surface area contributed by atoms with Gasteiger partial charge < -0.3 is 14.5 Å². The normalized spacial score (nSPS) is 10.7. The van der Waals surface area contributed by atoms with Crippen molar-refractivity contribution in [3.63, 3.8) is 0 Å². The lowest BCUT2D eigenvalue weighted by Crippen LogP contribution is -2.44. The zero-order valence-corrected chi connectivity index (χ0v) is 19.8. The highest BCUT2D eigenvalue weighted by atomic mass is 32.2. The molecule has 0 aliphatic rings. The molecule has 3 rings (SSSR count). The molecule has 0 saturated carbocycles. The number of amides is 2. The van der Waals surface area contributed by atoms with E-state index >= 15 is 0 Å². The number of thioether (sulfide) groups is 1. The minimum atomic E-state index is -0.0728. The highest BCUT2D eigenvalue weighted by Gasteiger charge is 2.22. The summed E-state index contributed by atoms with van der Waals surface area (Å²) >= 11 is 3.10. The van der Waals surface area contributed by atoms with Crippen LogP contribution in [0.25, 0.3) is 0 Å². The van der Waals surface area contributed by atoms with Crippen LogP contribution in [-0.2, 0) is 27.4 Å². The second kappa shape index (κ2) is 13.1. The third-order valence-electron chi connectivity index (χ3n) is 4.85. The highest BCUT2D eigenvalue weighted by molar-refractivity contribution is 8.00. The summed E-state index contributed by atoms with van der Waals surface area (Å²) in [6.45, 7) is 1.84. The minimum Gasteiger partial charge on any atom is -0.383 e. The molecular weight excluding hydrogens is 440 g/mol. The van der Waals surface area contributed by atoms with Crippen LogP contribution in [0.3, 0.4) is 0 Å². The van der Waals surface area contributed by atoms with E-state index in [1.807, 2.05) is 83.1 Å². The minimum absolute atomic E-state index is 0.0375. The van der Waals surface area contributed by atoms with E-state index in [1.54, 1.807) is 23.3 Å². The maximum absolute atomic E-state index is 13.3. The second-order valence-electron chi connectivity index (χ2n) is 7.22. The molecule has 0 atom stereocenters. The SMILES string of the molecule is COCCN(CC(=O)N(Cc1ccccc1)Cc1cccs1)C(=O)CSc1ccccc1. The lowest BCUT2D eigenvalue weighted by atomic mass is 10.2. The third kappa shape index (κ3) is 7.82. The summed E-state index contributed by atoms with van der Waals surface area (Å²) in [5.74, 6) is 0.140. The molecule has 0 aliphatic carbocycles. The zero-order chi connectivity index (χ0) is 22.6. The van der Waals surface area contributed by atoms with E-state index in [9.17, 15) is 9.59 Å². The van der Waals surface area contributed by atoms with Crippen LogP contribution in [0.15, 0.2) is 83.1 Å². The van der Waals surface area contributed by atoms with Gasteiger partial charge >= 0.3 is 0 Å². The number of nitrogens with zero attached hydrogens (tertiary/aromatic N) is 2. The summed E-state index contributed by atoms with van der Waals surface area (Å²) in [5, 5.41) is 2.01. The van der Waals surface area contributed by atoms with Crippen molar-refractivity contribution in [2.45, 2.75) is 18.0 Å². The maximum atomic E-state index is 13.3. The number of hydrogen-bond donors (Lipinski definition) is 0. The van der Waals surface area contributed by atoms with Crippen LogP contribution >= 0.6 is 23.1 Å². The third-order valence-corrected chi connectivity index (χ3v) is 6.70. The monoisotopic (exact) mass is 468 g/mol. The molecule has 0 saturated heterocycles. The average molecular weight is 469 g/mol. The number of benzene rings is 2. The standard InChI is InChI=1S/C25H28N2O3S2/c1-30-15-14-26(25(29)20-32-22-11-6-3-7-12-22)19-24(28)27(18-23-13-8-16-31-23)17-21-9-4-2-5-10-21/h2-13,16H,14-15,17-20H2,1H3.